The normalized spacial score (nSPS) is 17.5. The number of carbonyl (C=O) groups excluding carboxylic acids is 3. The number of hydrogen-bond acceptors (Lipinski definition) is 4. The van der Waals surface area contributed by atoms with Gasteiger partial charge in [-0.15, -0.1) is 6.58 Å². The summed E-state index contributed by atoms with van der Waals surface area (Å²) in [5.74, 6) is -0.790. The summed E-state index contributed by atoms with van der Waals surface area (Å²) in [6.45, 7) is 5.42. The van der Waals surface area contributed by atoms with Crippen LogP contribution in [0, 0.1) is 0 Å². The van der Waals surface area contributed by atoms with Crippen LogP contribution in [0.3, 0.4) is 0 Å². The Hall–Kier alpha value is -2.80. The van der Waals surface area contributed by atoms with Crippen LogP contribution in [0.1, 0.15) is 12.5 Å². The Morgan fingerprint density at radius 1 is 1.36 bits per heavy atom. The largest absolute Gasteiger partial charge is 0.368 e. The number of aromatic nitrogens is 1. The molecule has 1 atom stereocenters. The fraction of sp³-hybridized carbons (Fsp3) is 0.167. The summed E-state index contributed by atoms with van der Waals surface area (Å²) in [5.41, 5.74) is 6.90. The van der Waals surface area contributed by atoms with Crippen molar-refractivity contribution in [2.45, 2.75) is 19.5 Å². The number of nitrogens with two attached hydrogens (primary N) is 1. The number of primary amides is 1. The Morgan fingerprint density at radius 2 is 2.08 bits per heavy atom. The van der Waals surface area contributed by atoms with Gasteiger partial charge in [0.2, 0.25) is 5.91 Å². The van der Waals surface area contributed by atoms with Gasteiger partial charge in [-0.05, 0) is 30.8 Å². The average Bonchev–Trinajstić information content (AvgIpc) is 3.05. The SMILES string of the molecule is C=C[C@H](C)N1C(=O)S/C(=C\c2cn(CC(N)=O)c3ccccc23)C1=O. The van der Waals surface area contributed by atoms with Crippen molar-refractivity contribution in [1.82, 2.24) is 9.47 Å². The zero-order valence-electron chi connectivity index (χ0n) is 13.6. The maximum Gasteiger partial charge on any atom is 0.294 e. The number of amides is 3. The predicted molar refractivity (Wildman–Crippen MR) is 98.6 cm³/mol. The summed E-state index contributed by atoms with van der Waals surface area (Å²) in [5, 5.41) is 0.567. The van der Waals surface area contributed by atoms with E-state index in [1.54, 1.807) is 29.8 Å². The Morgan fingerprint density at radius 3 is 2.76 bits per heavy atom. The standard InChI is InChI=1S/C18H17N3O3S/c1-3-11(2)21-17(23)15(25-18(21)24)8-12-9-20(10-16(19)22)14-7-5-4-6-13(12)14/h3-9,11H,1,10H2,2H3,(H2,19,22)/b15-8-/t11-/m0/s1. The highest BCUT2D eigenvalue weighted by Gasteiger charge is 2.37. The number of nitrogens with zero attached hydrogens (tertiary/aromatic N) is 2. The summed E-state index contributed by atoms with van der Waals surface area (Å²) in [6, 6.07) is 7.15. The Labute approximate surface area is 149 Å². The van der Waals surface area contributed by atoms with Crippen molar-refractivity contribution in [2.24, 2.45) is 5.73 Å². The molecule has 0 unspecified atom stereocenters. The molecule has 6 nitrogen and oxygen atoms in total. The van der Waals surface area contributed by atoms with E-state index in [0.717, 1.165) is 28.2 Å². The third kappa shape index (κ3) is 3.10. The number of fused-ring (bicyclic) bond motifs is 1. The smallest absolute Gasteiger partial charge is 0.294 e. The number of imide groups is 1. The number of hydrogen-bond donors (Lipinski definition) is 1. The molecular formula is C18H17N3O3S. The van der Waals surface area contributed by atoms with Crippen LogP contribution >= 0.6 is 11.8 Å². The fourth-order valence-corrected chi connectivity index (χ4v) is 3.67. The number of carbonyl (C=O) groups is 3. The summed E-state index contributed by atoms with van der Waals surface area (Å²) < 4.78 is 1.74. The van der Waals surface area contributed by atoms with E-state index in [1.807, 2.05) is 24.3 Å². The Kier molecular flexibility index (Phi) is 4.50. The fourth-order valence-electron chi connectivity index (χ4n) is 2.77. The van der Waals surface area contributed by atoms with Gasteiger partial charge in [0.05, 0.1) is 10.9 Å². The van der Waals surface area contributed by atoms with Crippen LogP contribution in [0.25, 0.3) is 17.0 Å². The minimum absolute atomic E-state index is 0.0450. The van der Waals surface area contributed by atoms with E-state index in [9.17, 15) is 14.4 Å². The van der Waals surface area contributed by atoms with Gasteiger partial charge in [-0.3, -0.25) is 19.3 Å². The van der Waals surface area contributed by atoms with Crippen LogP contribution < -0.4 is 5.73 Å². The van der Waals surface area contributed by atoms with Crippen molar-refractivity contribution in [3.05, 3.63) is 53.6 Å². The lowest BCUT2D eigenvalue weighted by molar-refractivity contribution is -0.123. The lowest BCUT2D eigenvalue weighted by Gasteiger charge is -2.17. The second-order valence-electron chi connectivity index (χ2n) is 5.72. The zero-order chi connectivity index (χ0) is 18.1. The Balaban J connectivity index is 2.04. The van der Waals surface area contributed by atoms with Crippen LogP contribution in [-0.2, 0) is 16.1 Å². The van der Waals surface area contributed by atoms with Gasteiger partial charge in [0.1, 0.15) is 6.54 Å². The molecule has 25 heavy (non-hydrogen) atoms. The second kappa shape index (κ2) is 6.60. The van der Waals surface area contributed by atoms with E-state index in [4.69, 9.17) is 5.73 Å². The lowest BCUT2D eigenvalue weighted by Crippen LogP contribution is -2.35. The third-order valence-corrected chi connectivity index (χ3v) is 4.89. The molecule has 1 aromatic heterocycles. The van der Waals surface area contributed by atoms with E-state index in [2.05, 4.69) is 6.58 Å². The van der Waals surface area contributed by atoms with Crippen molar-refractivity contribution in [1.29, 1.82) is 0 Å². The van der Waals surface area contributed by atoms with Crippen molar-refractivity contribution in [3.63, 3.8) is 0 Å². The minimum atomic E-state index is -0.451. The Bertz CT molecular complexity index is 929. The summed E-state index contributed by atoms with van der Waals surface area (Å²) in [4.78, 5) is 37.5. The van der Waals surface area contributed by atoms with Crippen molar-refractivity contribution >= 4 is 45.8 Å². The van der Waals surface area contributed by atoms with Crippen LogP contribution in [0.4, 0.5) is 4.79 Å². The van der Waals surface area contributed by atoms with E-state index in [0.29, 0.717) is 4.91 Å². The molecule has 0 radical (unpaired) electrons. The molecule has 3 amide bonds. The van der Waals surface area contributed by atoms with Gasteiger partial charge in [0, 0.05) is 22.7 Å². The van der Waals surface area contributed by atoms with E-state index >= 15 is 0 Å². The molecule has 0 saturated carbocycles. The first kappa shape index (κ1) is 17.0. The molecule has 1 aliphatic heterocycles. The highest BCUT2D eigenvalue weighted by molar-refractivity contribution is 8.18. The van der Waals surface area contributed by atoms with E-state index in [1.165, 1.54) is 4.90 Å². The number of rotatable bonds is 5. The molecule has 0 bridgehead atoms. The molecule has 2 N–H and O–H groups in total. The van der Waals surface area contributed by atoms with Gasteiger partial charge in [0.15, 0.2) is 0 Å². The van der Waals surface area contributed by atoms with Crippen molar-refractivity contribution in [3.8, 4) is 0 Å². The van der Waals surface area contributed by atoms with Crippen LogP contribution in [0.15, 0.2) is 48.0 Å². The molecule has 7 heteroatoms. The van der Waals surface area contributed by atoms with Crippen molar-refractivity contribution in [2.75, 3.05) is 0 Å². The number of benzene rings is 1. The number of thioether (sulfide) groups is 1. The van der Waals surface area contributed by atoms with Gasteiger partial charge in [-0.2, -0.15) is 0 Å². The maximum atomic E-state index is 12.5. The highest BCUT2D eigenvalue weighted by atomic mass is 32.2. The molecule has 1 aromatic carbocycles. The van der Waals surface area contributed by atoms with E-state index < -0.39 is 5.91 Å². The minimum Gasteiger partial charge on any atom is -0.368 e. The van der Waals surface area contributed by atoms with Crippen LogP contribution in [0.5, 0.6) is 0 Å². The molecule has 0 spiro atoms. The molecule has 2 aromatic rings. The van der Waals surface area contributed by atoms with Crippen LogP contribution in [0.2, 0.25) is 0 Å². The van der Waals surface area contributed by atoms with Gasteiger partial charge in [-0.1, -0.05) is 24.3 Å². The summed E-state index contributed by atoms with van der Waals surface area (Å²) >= 11 is 0.902. The summed E-state index contributed by atoms with van der Waals surface area (Å²) in [7, 11) is 0. The molecule has 1 fully saturated rings. The quantitative estimate of drug-likeness (QED) is 0.660. The lowest BCUT2D eigenvalue weighted by atomic mass is 10.1. The molecule has 128 valence electrons. The zero-order valence-corrected chi connectivity index (χ0v) is 14.5. The molecule has 1 saturated heterocycles. The van der Waals surface area contributed by atoms with Gasteiger partial charge in [0.25, 0.3) is 11.1 Å². The molecule has 1 aliphatic rings. The second-order valence-corrected chi connectivity index (χ2v) is 6.72. The molecular weight excluding hydrogens is 338 g/mol. The van der Waals surface area contributed by atoms with Gasteiger partial charge < -0.3 is 10.3 Å². The highest BCUT2D eigenvalue weighted by Crippen LogP contribution is 2.35. The van der Waals surface area contributed by atoms with Gasteiger partial charge >= 0.3 is 0 Å². The topological polar surface area (TPSA) is 85.4 Å². The third-order valence-electron chi connectivity index (χ3n) is 4.00. The van der Waals surface area contributed by atoms with E-state index in [-0.39, 0.29) is 23.7 Å². The first-order valence-corrected chi connectivity index (χ1v) is 8.50. The first-order chi connectivity index (χ1) is 11.9. The molecule has 3 rings (SSSR count). The monoisotopic (exact) mass is 355 g/mol. The molecule has 2 heterocycles. The maximum absolute atomic E-state index is 12.5. The average molecular weight is 355 g/mol. The van der Waals surface area contributed by atoms with Crippen LogP contribution in [-0.4, -0.2) is 32.6 Å². The first-order valence-electron chi connectivity index (χ1n) is 7.68. The predicted octanol–water partition coefficient (Wildman–Crippen LogP) is 2.74. The summed E-state index contributed by atoms with van der Waals surface area (Å²) in [6.07, 6.45) is 5.00. The number of para-hydroxylation sites is 1. The molecule has 0 aliphatic carbocycles. The van der Waals surface area contributed by atoms with Crippen molar-refractivity contribution < 1.29 is 14.4 Å². The van der Waals surface area contributed by atoms with Gasteiger partial charge in [-0.25, -0.2) is 0 Å².